The number of aromatic nitrogens is 1. The summed E-state index contributed by atoms with van der Waals surface area (Å²) in [5.74, 6) is -0.406. The van der Waals surface area contributed by atoms with E-state index in [0.29, 0.717) is 13.1 Å². The monoisotopic (exact) mass is 337 g/mol. The fraction of sp³-hybridized carbons (Fsp3) is 0.350. The molecule has 5 heteroatoms. The summed E-state index contributed by atoms with van der Waals surface area (Å²) in [5.41, 5.74) is 4.55. The van der Waals surface area contributed by atoms with Gasteiger partial charge in [0.05, 0.1) is 17.3 Å². The molecule has 1 aromatic heterocycles. The van der Waals surface area contributed by atoms with Gasteiger partial charge in [-0.3, -0.25) is 14.6 Å². The van der Waals surface area contributed by atoms with Gasteiger partial charge in [0.25, 0.3) is 0 Å². The zero-order valence-corrected chi connectivity index (χ0v) is 14.9. The molecule has 1 aromatic carbocycles. The Morgan fingerprint density at radius 3 is 2.64 bits per heavy atom. The van der Waals surface area contributed by atoms with Gasteiger partial charge in [-0.05, 0) is 38.0 Å². The third-order valence-corrected chi connectivity index (χ3v) is 4.58. The quantitative estimate of drug-likeness (QED) is 0.933. The Labute approximate surface area is 148 Å². The Bertz CT molecular complexity index is 779. The molecule has 0 spiro atoms. The minimum atomic E-state index is -0.323. The number of carbonyl (C=O) groups excluding carboxylic acids is 2. The summed E-state index contributed by atoms with van der Waals surface area (Å²) in [6, 6.07) is 11.8. The molecule has 130 valence electrons. The molecule has 1 aliphatic heterocycles. The Morgan fingerprint density at radius 1 is 1.24 bits per heavy atom. The average molecular weight is 337 g/mol. The van der Waals surface area contributed by atoms with Gasteiger partial charge in [-0.1, -0.05) is 30.3 Å². The molecule has 1 unspecified atom stereocenters. The first-order valence-electron chi connectivity index (χ1n) is 8.51. The van der Waals surface area contributed by atoms with Crippen molar-refractivity contribution < 1.29 is 9.59 Å². The van der Waals surface area contributed by atoms with Crippen LogP contribution in [0.1, 0.15) is 28.9 Å². The lowest BCUT2D eigenvalue weighted by atomic mass is 10.1. The Balaban J connectivity index is 1.67. The van der Waals surface area contributed by atoms with Crippen LogP contribution in [0.25, 0.3) is 0 Å². The normalized spacial score (nSPS) is 17.0. The topological polar surface area (TPSA) is 62.3 Å². The molecule has 0 bridgehead atoms. The summed E-state index contributed by atoms with van der Waals surface area (Å²) in [6.07, 6.45) is 0.260. The van der Waals surface area contributed by atoms with Crippen LogP contribution in [0.2, 0.25) is 0 Å². The third-order valence-electron chi connectivity index (χ3n) is 4.58. The van der Waals surface area contributed by atoms with E-state index in [1.54, 1.807) is 4.90 Å². The minimum Gasteiger partial charge on any atom is -0.338 e. The Hall–Kier alpha value is -2.69. The number of carbonyl (C=O) groups is 2. The summed E-state index contributed by atoms with van der Waals surface area (Å²) >= 11 is 0. The summed E-state index contributed by atoms with van der Waals surface area (Å²) in [4.78, 5) is 31.1. The molecule has 2 heterocycles. The SMILES string of the molecule is Cc1cc(C)c(NC(=O)C2CC(=O)N(Cc3ccccc3)C2)c(C)n1. The number of likely N-dealkylation sites (tertiary alicyclic amines) is 1. The standard InChI is InChI=1S/C20H23N3O2/c1-13-9-14(2)21-15(3)19(13)22-20(25)17-10-18(24)23(12-17)11-16-7-5-4-6-8-16/h4-9,17H,10-12H2,1-3H3,(H,22,25). The number of amides is 2. The van der Waals surface area contributed by atoms with Crippen LogP contribution in [0.4, 0.5) is 5.69 Å². The number of rotatable bonds is 4. The first-order chi connectivity index (χ1) is 11.9. The summed E-state index contributed by atoms with van der Waals surface area (Å²) in [5, 5.41) is 2.97. The predicted octanol–water partition coefficient (Wildman–Crippen LogP) is 2.99. The van der Waals surface area contributed by atoms with Crippen molar-refractivity contribution in [2.75, 3.05) is 11.9 Å². The minimum absolute atomic E-state index is 0.0273. The van der Waals surface area contributed by atoms with Gasteiger partial charge < -0.3 is 10.2 Å². The molecule has 0 aliphatic carbocycles. The van der Waals surface area contributed by atoms with E-state index in [0.717, 1.165) is 28.2 Å². The number of benzene rings is 1. The van der Waals surface area contributed by atoms with Crippen molar-refractivity contribution >= 4 is 17.5 Å². The second-order valence-corrected chi connectivity index (χ2v) is 6.69. The number of pyridine rings is 1. The van der Waals surface area contributed by atoms with Gasteiger partial charge in [-0.2, -0.15) is 0 Å². The second-order valence-electron chi connectivity index (χ2n) is 6.69. The van der Waals surface area contributed by atoms with Crippen LogP contribution in [-0.4, -0.2) is 28.2 Å². The molecule has 1 saturated heterocycles. The van der Waals surface area contributed by atoms with Gasteiger partial charge in [0.15, 0.2) is 0 Å². The lowest BCUT2D eigenvalue weighted by Gasteiger charge is -2.17. The highest BCUT2D eigenvalue weighted by molar-refractivity contribution is 5.98. The first kappa shape index (κ1) is 17.1. The number of nitrogens with one attached hydrogen (secondary N) is 1. The molecule has 0 radical (unpaired) electrons. The van der Waals surface area contributed by atoms with E-state index < -0.39 is 0 Å². The molecule has 1 N–H and O–H groups in total. The predicted molar refractivity (Wildman–Crippen MR) is 97.0 cm³/mol. The van der Waals surface area contributed by atoms with Crippen molar-refractivity contribution in [3.63, 3.8) is 0 Å². The number of nitrogens with zero attached hydrogens (tertiary/aromatic N) is 2. The van der Waals surface area contributed by atoms with E-state index in [9.17, 15) is 9.59 Å². The van der Waals surface area contributed by atoms with Crippen molar-refractivity contribution in [1.29, 1.82) is 0 Å². The number of hydrogen-bond donors (Lipinski definition) is 1. The summed E-state index contributed by atoms with van der Waals surface area (Å²) in [6.45, 7) is 6.78. The fourth-order valence-electron chi connectivity index (χ4n) is 3.34. The Kier molecular flexibility index (Phi) is 4.83. The van der Waals surface area contributed by atoms with Crippen LogP contribution < -0.4 is 5.32 Å². The smallest absolute Gasteiger partial charge is 0.229 e. The highest BCUT2D eigenvalue weighted by Crippen LogP contribution is 2.24. The molecule has 2 aromatic rings. The summed E-state index contributed by atoms with van der Waals surface area (Å²) in [7, 11) is 0. The van der Waals surface area contributed by atoms with Gasteiger partial charge in [0, 0.05) is 25.2 Å². The highest BCUT2D eigenvalue weighted by Gasteiger charge is 2.34. The number of anilines is 1. The van der Waals surface area contributed by atoms with Gasteiger partial charge >= 0.3 is 0 Å². The van der Waals surface area contributed by atoms with Crippen molar-refractivity contribution in [2.45, 2.75) is 33.7 Å². The molecule has 1 fully saturated rings. The van der Waals surface area contributed by atoms with E-state index in [1.165, 1.54) is 0 Å². The van der Waals surface area contributed by atoms with Crippen LogP contribution in [0.5, 0.6) is 0 Å². The second kappa shape index (κ2) is 7.05. The Morgan fingerprint density at radius 2 is 1.96 bits per heavy atom. The maximum Gasteiger partial charge on any atom is 0.229 e. The number of hydrogen-bond acceptors (Lipinski definition) is 3. The number of aryl methyl sites for hydroxylation is 3. The van der Waals surface area contributed by atoms with E-state index in [1.807, 2.05) is 57.2 Å². The summed E-state index contributed by atoms with van der Waals surface area (Å²) < 4.78 is 0. The van der Waals surface area contributed by atoms with Crippen LogP contribution in [0.3, 0.4) is 0 Å². The van der Waals surface area contributed by atoms with Crippen LogP contribution >= 0.6 is 0 Å². The van der Waals surface area contributed by atoms with Crippen molar-refractivity contribution in [3.05, 3.63) is 58.9 Å². The maximum atomic E-state index is 12.6. The largest absolute Gasteiger partial charge is 0.338 e. The van der Waals surface area contributed by atoms with E-state index >= 15 is 0 Å². The van der Waals surface area contributed by atoms with E-state index in [-0.39, 0.29) is 24.2 Å². The maximum absolute atomic E-state index is 12.6. The molecular formula is C20H23N3O2. The molecule has 1 atom stereocenters. The van der Waals surface area contributed by atoms with Crippen molar-refractivity contribution in [2.24, 2.45) is 5.92 Å². The molecule has 0 saturated carbocycles. The molecule has 25 heavy (non-hydrogen) atoms. The van der Waals surface area contributed by atoms with Gasteiger partial charge in [0.2, 0.25) is 11.8 Å². The highest BCUT2D eigenvalue weighted by atomic mass is 16.2. The molecule has 3 rings (SSSR count). The van der Waals surface area contributed by atoms with E-state index in [4.69, 9.17) is 0 Å². The van der Waals surface area contributed by atoms with Crippen LogP contribution in [0.15, 0.2) is 36.4 Å². The van der Waals surface area contributed by atoms with Crippen molar-refractivity contribution in [1.82, 2.24) is 9.88 Å². The zero-order valence-electron chi connectivity index (χ0n) is 14.9. The lowest BCUT2D eigenvalue weighted by molar-refractivity contribution is -0.128. The molecule has 2 amide bonds. The van der Waals surface area contributed by atoms with Crippen LogP contribution in [-0.2, 0) is 16.1 Å². The van der Waals surface area contributed by atoms with Gasteiger partial charge in [-0.15, -0.1) is 0 Å². The third kappa shape index (κ3) is 3.87. The lowest BCUT2D eigenvalue weighted by Crippen LogP contribution is -2.28. The average Bonchev–Trinajstić information content (AvgIpc) is 2.92. The molecular weight excluding hydrogens is 314 g/mol. The van der Waals surface area contributed by atoms with Gasteiger partial charge in [0.1, 0.15) is 0 Å². The van der Waals surface area contributed by atoms with Crippen molar-refractivity contribution in [3.8, 4) is 0 Å². The zero-order chi connectivity index (χ0) is 18.0. The van der Waals surface area contributed by atoms with Gasteiger partial charge in [-0.25, -0.2) is 0 Å². The van der Waals surface area contributed by atoms with E-state index in [2.05, 4.69) is 10.3 Å². The first-order valence-corrected chi connectivity index (χ1v) is 8.51. The van der Waals surface area contributed by atoms with Crippen LogP contribution in [0, 0.1) is 26.7 Å². The molecule has 5 nitrogen and oxygen atoms in total. The molecule has 1 aliphatic rings. The fourth-order valence-corrected chi connectivity index (χ4v) is 3.34.